The molecule has 0 aliphatic carbocycles. The summed E-state index contributed by atoms with van der Waals surface area (Å²) in [6.07, 6.45) is 6.07. The molecule has 3 aliphatic rings. The average Bonchev–Trinajstić information content (AvgIpc) is 1.65. The lowest BCUT2D eigenvalue weighted by Gasteiger charge is -2.18. The lowest BCUT2D eigenvalue weighted by atomic mass is 9.98. The van der Waals surface area contributed by atoms with Crippen molar-refractivity contribution < 1.29 is 67.4 Å². The predicted molar refractivity (Wildman–Crippen MR) is 424 cm³/mol. The maximum absolute atomic E-state index is 12.9. The van der Waals surface area contributed by atoms with E-state index >= 15 is 0 Å². The number of H-pyrrole nitrogens is 3. The van der Waals surface area contributed by atoms with Gasteiger partial charge in [-0.1, -0.05) is 59.7 Å². The molecule has 0 unspecified atom stereocenters. The smallest absolute Gasteiger partial charge is 0.305 e. The van der Waals surface area contributed by atoms with Crippen molar-refractivity contribution in [1.82, 2.24) is 45.6 Å². The molecule has 6 amide bonds. The minimum Gasteiger partial charge on any atom is -0.481 e. The molecule has 109 heavy (non-hydrogen) atoms. The van der Waals surface area contributed by atoms with Gasteiger partial charge >= 0.3 is 11.9 Å². The van der Waals surface area contributed by atoms with Gasteiger partial charge in [0.05, 0.1) is 53.4 Å². The molecule has 3 aromatic heterocycles. The molecule has 3 aromatic carbocycles. The second kappa shape index (κ2) is 40.3. The van der Waals surface area contributed by atoms with Crippen LogP contribution in [0.1, 0.15) is 202 Å². The van der Waals surface area contributed by atoms with Crippen LogP contribution in [-0.2, 0) is 67.2 Å². The van der Waals surface area contributed by atoms with Gasteiger partial charge in [-0.15, -0.1) is 0 Å². The number of amides is 6. The van der Waals surface area contributed by atoms with E-state index in [0.717, 1.165) is 104 Å². The van der Waals surface area contributed by atoms with Crippen molar-refractivity contribution in [3.8, 4) is 0 Å². The Morgan fingerprint density at radius 2 is 0.706 bits per heavy atom. The Morgan fingerprint density at radius 1 is 0.422 bits per heavy atom. The quantitative estimate of drug-likeness (QED) is 0.0129. The first-order valence-corrected chi connectivity index (χ1v) is 37.4. The van der Waals surface area contributed by atoms with Gasteiger partial charge in [-0.05, 0) is 176 Å². The van der Waals surface area contributed by atoms with Gasteiger partial charge in [0.2, 0.25) is 0 Å². The number of rotatable bonds is 36. The lowest BCUT2D eigenvalue weighted by molar-refractivity contribution is -0.142. The molecule has 0 saturated heterocycles. The summed E-state index contributed by atoms with van der Waals surface area (Å²) in [4.78, 5) is 163. The average molecular weight is 1500 g/mol. The summed E-state index contributed by atoms with van der Waals surface area (Å²) < 4.78 is 4.59. The van der Waals surface area contributed by atoms with Gasteiger partial charge < -0.3 is 76.2 Å². The molecule has 0 spiro atoms. The van der Waals surface area contributed by atoms with E-state index in [2.05, 4.69) is 108 Å². The highest BCUT2D eigenvalue weighted by Gasteiger charge is 2.31. The Balaban J connectivity index is 0.000000228. The van der Waals surface area contributed by atoms with Crippen LogP contribution < -0.4 is 31.9 Å². The van der Waals surface area contributed by atoms with E-state index in [9.17, 15) is 57.5 Å². The van der Waals surface area contributed by atoms with Gasteiger partial charge in [0.25, 0.3) is 35.4 Å². The minimum absolute atomic E-state index is 0.00845. The molecule has 0 atom stereocenters. The van der Waals surface area contributed by atoms with E-state index in [1.807, 2.05) is 59.7 Å². The molecule has 0 saturated carbocycles. The fraction of sp³-hybridized carbons (Fsp3) is 0.422. The van der Waals surface area contributed by atoms with E-state index in [0.29, 0.717) is 109 Å². The van der Waals surface area contributed by atoms with Crippen molar-refractivity contribution in [3.63, 3.8) is 0 Å². The van der Waals surface area contributed by atoms with Crippen molar-refractivity contribution in [3.05, 3.63) is 156 Å². The van der Waals surface area contributed by atoms with Crippen LogP contribution in [0, 0.1) is 41.5 Å². The molecule has 10 N–H and O–H groups in total. The van der Waals surface area contributed by atoms with Crippen LogP contribution in [0.4, 0.5) is 17.1 Å². The minimum atomic E-state index is -1.01. The SMILES string of the molecule is CCN(CC)CCNC(=O)c1c(C)[nH]c(/C=C2\C(=O)Nc3ccc(CC(=O)CCC(=O)O)cc32)c1C.CCN(CC)CCNC(=O)c1c(C)[nH]c(/C=C2\C(=O)Nc3ccc(CC(=O)CCC(=O)OC)cc32)c1C.CCN(CC)CCNC(=O)c1c(C)[nH]c(/C=C2\C(=O)Nc3ccc(CC(=O)CCC(C)=O)cc32)c1C. The van der Waals surface area contributed by atoms with Crippen LogP contribution >= 0.6 is 0 Å². The molecule has 9 rings (SSSR count). The van der Waals surface area contributed by atoms with Crippen molar-refractivity contribution in [2.24, 2.45) is 0 Å². The number of aliphatic carboxylic acids is 1. The number of aromatic amines is 3. The van der Waals surface area contributed by atoms with Crippen molar-refractivity contribution in [1.29, 1.82) is 0 Å². The lowest BCUT2D eigenvalue weighted by Crippen LogP contribution is -2.35. The number of fused-ring (bicyclic) bond motifs is 3. The number of aromatic nitrogens is 3. The number of nitrogens with zero attached hydrogens (tertiary/aromatic N) is 3. The molecule has 0 fully saturated rings. The number of hydrogen-bond donors (Lipinski definition) is 10. The van der Waals surface area contributed by atoms with Crippen molar-refractivity contribution in [2.75, 3.05) is 102 Å². The van der Waals surface area contributed by atoms with E-state index in [1.54, 1.807) is 54.6 Å². The second-order valence-electron chi connectivity index (χ2n) is 27.3. The number of benzene rings is 3. The van der Waals surface area contributed by atoms with Crippen LogP contribution in [-0.4, -0.2) is 191 Å². The third kappa shape index (κ3) is 23.0. The van der Waals surface area contributed by atoms with E-state index in [1.165, 1.54) is 14.0 Å². The molecular formula is C83H106N12O14. The molecule has 26 heteroatoms. The Bertz CT molecular complexity index is 4340. The Labute approximate surface area is 637 Å². The van der Waals surface area contributed by atoms with E-state index in [4.69, 9.17) is 5.11 Å². The number of methoxy groups -OCH3 is 1. The summed E-state index contributed by atoms with van der Waals surface area (Å²) >= 11 is 0. The number of carboxylic acid groups (broad SMARTS) is 1. The first-order chi connectivity index (χ1) is 52.0. The molecule has 0 radical (unpaired) electrons. The highest BCUT2D eigenvalue weighted by atomic mass is 16.5. The maximum atomic E-state index is 12.9. The number of carbonyl (C=O) groups is 12. The highest BCUT2D eigenvalue weighted by Crippen LogP contribution is 2.38. The first kappa shape index (κ1) is 85.3. The molecule has 3 aliphatic heterocycles. The summed E-state index contributed by atoms with van der Waals surface area (Å²) in [5.41, 5.74) is 15.9. The van der Waals surface area contributed by atoms with Crippen molar-refractivity contribution >= 4 is 123 Å². The number of carboxylic acids is 1. The molecular weight excluding hydrogens is 1390 g/mol. The molecule has 582 valence electrons. The summed E-state index contributed by atoms with van der Waals surface area (Å²) in [5.74, 6) is -2.90. The van der Waals surface area contributed by atoms with Crippen LogP contribution in [0.3, 0.4) is 0 Å². The zero-order chi connectivity index (χ0) is 79.9. The normalized spacial score (nSPS) is 13.7. The van der Waals surface area contributed by atoms with Gasteiger partial charge in [-0.2, -0.15) is 0 Å². The van der Waals surface area contributed by atoms with E-state index in [-0.39, 0.29) is 116 Å². The molecule has 6 heterocycles. The fourth-order valence-corrected chi connectivity index (χ4v) is 13.4. The number of hydrogen-bond acceptors (Lipinski definition) is 16. The number of aryl methyl sites for hydroxylation is 3. The van der Waals surface area contributed by atoms with Gasteiger partial charge in [0.15, 0.2) is 0 Å². The van der Waals surface area contributed by atoms with Gasteiger partial charge in [0, 0.05) is 152 Å². The third-order valence-electron chi connectivity index (χ3n) is 19.8. The standard InChI is InChI=1S/C28H36N4O5.C28H36N4O4.C27H34N4O5/c1-6-32(7-2)13-12-29-28(36)26-17(3)24(30-18(26)4)16-22-21-15-19(8-10-23(21)31-27(22)35)14-20(33)9-11-25(34)37-5;1-6-32(7-2)13-12-29-28(36)26-18(4)25(30-19(26)5)16-23-22-15-20(9-11-24(22)31-27(23)35)14-21(34)10-8-17(3)33;1-5-31(6-2)12-11-28-27(36)25-16(3)23(29-17(25)4)15-21-20-14-18(7-9-22(20)30-26(21)35)13-19(32)8-10-24(33)34/h8,10,15-16,30H,6-7,9,11-14H2,1-5H3,(H,29,36)(H,31,35);9,11,15-16,30H,6-8,10,12-14H2,1-5H3,(H,29,36)(H,31,35);7,9,14-15,29H,5-6,8,10-13H2,1-4H3,(H,28,36)(H,30,35)(H,33,34)/b22-16-;23-16-;21-15-. The number of anilines is 3. The molecule has 26 nitrogen and oxygen atoms in total. The first-order valence-electron chi connectivity index (χ1n) is 37.4. The molecule has 0 bridgehead atoms. The van der Waals surface area contributed by atoms with Crippen molar-refractivity contribution in [2.45, 2.75) is 148 Å². The zero-order valence-corrected chi connectivity index (χ0v) is 65.4. The molecule has 6 aromatic rings. The number of Topliss-reactive ketones (excluding diaryl/α,β-unsaturated/α-hetero) is 4. The number of esters is 1. The number of ether oxygens (including phenoxy) is 1. The van der Waals surface area contributed by atoms with Gasteiger partial charge in [-0.25, -0.2) is 0 Å². The van der Waals surface area contributed by atoms with Crippen LogP contribution in [0.5, 0.6) is 0 Å². The number of likely N-dealkylation sites (N-methyl/N-ethyl adjacent to an activating group) is 3. The number of nitrogens with one attached hydrogen (secondary N) is 9. The van der Waals surface area contributed by atoms with Gasteiger partial charge in [0.1, 0.15) is 23.1 Å². The Morgan fingerprint density at radius 3 is 0.972 bits per heavy atom. The Kier molecular flexibility index (Phi) is 31.5. The van der Waals surface area contributed by atoms with Gasteiger partial charge in [-0.3, -0.25) is 52.7 Å². The zero-order valence-electron chi connectivity index (χ0n) is 65.4. The summed E-state index contributed by atoms with van der Waals surface area (Å²) in [6.45, 7) is 34.7. The summed E-state index contributed by atoms with van der Waals surface area (Å²) in [7, 11) is 1.29. The largest absolute Gasteiger partial charge is 0.481 e. The number of carbonyl (C=O) groups excluding carboxylic acids is 11. The topological polar surface area (TPSA) is 364 Å². The van der Waals surface area contributed by atoms with Crippen LogP contribution in [0.25, 0.3) is 34.9 Å². The Hall–Kier alpha value is -11.0. The fourth-order valence-electron chi connectivity index (χ4n) is 13.4. The number of ketones is 4. The monoisotopic (exact) mass is 1490 g/mol. The highest BCUT2D eigenvalue weighted by molar-refractivity contribution is 6.36. The third-order valence-corrected chi connectivity index (χ3v) is 19.8. The second-order valence-corrected chi connectivity index (χ2v) is 27.3. The van der Waals surface area contributed by atoms with Crippen LogP contribution in [0.15, 0.2) is 54.6 Å². The predicted octanol–water partition coefficient (Wildman–Crippen LogP) is 10.1. The maximum Gasteiger partial charge on any atom is 0.305 e. The summed E-state index contributed by atoms with van der Waals surface area (Å²) in [5, 5.41) is 26.3. The van der Waals surface area contributed by atoms with E-state index < -0.39 is 11.9 Å². The van der Waals surface area contributed by atoms with Crippen LogP contribution in [0.2, 0.25) is 0 Å². The summed E-state index contributed by atoms with van der Waals surface area (Å²) in [6, 6.07) is 16.1.